The van der Waals surface area contributed by atoms with E-state index < -0.39 is 0 Å². The average Bonchev–Trinajstić information content (AvgIpc) is 2.69. The number of aryl methyl sites for hydroxylation is 1. The summed E-state index contributed by atoms with van der Waals surface area (Å²) >= 11 is 3.42. The highest BCUT2D eigenvalue weighted by Crippen LogP contribution is 2.30. The summed E-state index contributed by atoms with van der Waals surface area (Å²) < 4.78 is 0.984. The Morgan fingerprint density at radius 1 is 1.38 bits per heavy atom. The van der Waals surface area contributed by atoms with Crippen LogP contribution in [0.25, 0.3) is 0 Å². The van der Waals surface area contributed by atoms with Crippen LogP contribution in [0.15, 0.2) is 22.7 Å². The van der Waals surface area contributed by atoms with Gasteiger partial charge in [0.15, 0.2) is 0 Å². The highest BCUT2D eigenvalue weighted by Gasteiger charge is 2.36. The van der Waals surface area contributed by atoms with Crippen molar-refractivity contribution in [3.05, 3.63) is 28.2 Å². The van der Waals surface area contributed by atoms with Crippen molar-refractivity contribution < 1.29 is 9.59 Å². The van der Waals surface area contributed by atoms with Crippen LogP contribution in [-0.4, -0.2) is 23.9 Å². The topological polar surface area (TPSA) is 49.4 Å². The van der Waals surface area contributed by atoms with Crippen LogP contribution in [-0.2, 0) is 9.59 Å². The van der Waals surface area contributed by atoms with Crippen LogP contribution >= 0.6 is 15.9 Å². The predicted molar refractivity (Wildman–Crippen MR) is 87.2 cm³/mol. The number of carbonyl (C=O) groups is 2. The third-order valence-electron chi connectivity index (χ3n) is 3.44. The van der Waals surface area contributed by atoms with E-state index in [4.69, 9.17) is 0 Å². The van der Waals surface area contributed by atoms with E-state index in [1.807, 2.05) is 45.9 Å². The van der Waals surface area contributed by atoms with Gasteiger partial charge in [0.2, 0.25) is 11.8 Å². The lowest BCUT2D eigenvalue weighted by molar-refractivity contribution is -0.127. The lowest BCUT2D eigenvalue weighted by Gasteiger charge is -2.23. The summed E-state index contributed by atoms with van der Waals surface area (Å²) in [4.78, 5) is 26.2. The summed E-state index contributed by atoms with van der Waals surface area (Å²) in [6, 6.07) is 5.81. The minimum atomic E-state index is -0.278. The number of rotatable bonds is 2. The molecule has 2 amide bonds. The van der Waals surface area contributed by atoms with Crippen molar-refractivity contribution in [1.29, 1.82) is 0 Å². The van der Waals surface area contributed by atoms with Crippen LogP contribution in [0.2, 0.25) is 0 Å². The van der Waals surface area contributed by atoms with E-state index in [-0.39, 0.29) is 29.7 Å². The maximum atomic E-state index is 12.2. The summed E-state index contributed by atoms with van der Waals surface area (Å²) in [6.07, 6.45) is 0.275. The van der Waals surface area contributed by atoms with E-state index in [1.54, 1.807) is 4.90 Å². The number of carbonyl (C=O) groups excluding carboxylic acids is 2. The van der Waals surface area contributed by atoms with Crippen molar-refractivity contribution in [2.45, 2.75) is 39.7 Å². The summed E-state index contributed by atoms with van der Waals surface area (Å²) in [6.45, 7) is 8.24. The Balaban J connectivity index is 2.14. The van der Waals surface area contributed by atoms with Gasteiger partial charge in [0.1, 0.15) is 0 Å². The van der Waals surface area contributed by atoms with Gasteiger partial charge >= 0.3 is 0 Å². The lowest BCUT2D eigenvalue weighted by atomic mass is 10.0. The maximum absolute atomic E-state index is 12.2. The molecule has 1 aromatic rings. The number of nitrogens with one attached hydrogen (secondary N) is 1. The highest BCUT2D eigenvalue weighted by atomic mass is 79.9. The maximum Gasteiger partial charge on any atom is 0.227 e. The number of anilines is 1. The number of hydrogen-bond donors (Lipinski definition) is 1. The molecule has 4 nitrogen and oxygen atoms in total. The number of hydrogen-bond acceptors (Lipinski definition) is 2. The van der Waals surface area contributed by atoms with Crippen molar-refractivity contribution in [1.82, 2.24) is 5.32 Å². The van der Waals surface area contributed by atoms with E-state index in [1.165, 1.54) is 0 Å². The first-order valence-electron chi connectivity index (χ1n) is 7.06. The molecule has 5 heteroatoms. The standard InChI is InChI=1S/C16H21BrN2O2/c1-10-7-12(17)5-6-13(10)19-9-11(8-14(19)20)15(21)18-16(2,3)4/h5-7,11H,8-9H2,1-4H3,(H,18,21). The van der Waals surface area contributed by atoms with Gasteiger partial charge in [-0.05, 0) is 51.5 Å². The summed E-state index contributed by atoms with van der Waals surface area (Å²) in [5.41, 5.74) is 1.63. The normalized spacial score (nSPS) is 19.0. The van der Waals surface area contributed by atoms with Crippen molar-refractivity contribution >= 4 is 33.4 Å². The molecule has 1 aliphatic rings. The van der Waals surface area contributed by atoms with Gasteiger partial charge in [0.05, 0.1) is 5.92 Å². The van der Waals surface area contributed by atoms with Gasteiger partial charge in [0, 0.05) is 28.7 Å². The first-order chi connectivity index (χ1) is 9.67. The second-order valence-electron chi connectivity index (χ2n) is 6.58. The molecule has 1 fully saturated rings. The second kappa shape index (κ2) is 5.79. The summed E-state index contributed by atoms with van der Waals surface area (Å²) in [5, 5.41) is 2.95. The van der Waals surface area contributed by atoms with Crippen LogP contribution in [0.1, 0.15) is 32.8 Å². The molecular formula is C16H21BrN2O2. The minimum absolute atomic E-state index is 0.00878. The molecule has 1 aromatic carbocycles. The number of amides is 2. The van der Waals surface area contributed by atoms with Crippen molar-refractivity contribution in [2.75, 3.05) is 11.4 Å². The van der Waals surface area contributed by atoms with Crippen molar-refractivity contribution in [2.24, 2.45) is 5.92 Å². The van der Waals surface area contributed by atoms with Gasteiger partial charge in [-0.25, -0.2) is 0 Å². The van der Waals surface area contributed by atoms with E-state index in [0.717, 1.165) is 15.7 Å². The Morgan fingerprint density at radius 3 is 2.62 bits per heavy atom. The van der Waals surface area contributed by atoms with Gasteiger partial charge in [-0.2, -0.15) is 0 Å². The fraction of sp³-hybridized carbons (Fsp3) is 0.500. The smallest absolute Gasteiger partial charge is 0.227 e. The monoisotopic (exact) mass is 352 g/mol. The van der Waals surface area contributed by atoms with Gasteiger partial charge < -0.3 is 10.2 Å². The number of benzene rings is 1. The zero-order valence-corrected chi connectivity index (χ0v) is 14.5. The fourth-order valence-electron chi connectivity index (χ4n) is 2.51. The molecule has 0 saturated carbocycles. The van der Waals surface area contributed by atoms with Crippen LogP contribution in [0.4, 0.5) is 5.69 Å². The van der Waals surface area contributed by atoms with Gasteiger partial charge in [-0.3, -0.25) is 9.59 Å². The molecule has 1 unspecified atom stereocenters. The van der Waals surface area contributed by atoms with Gasteiger partial charge in [-0.15, -0.1) is 0 Å². The Kier molecular flexibility index (Phi) is 4.42. The molecule has 0 radical (unpaired) electrons. The van der Waals surface area contributed by atoms with E-state index in [2.05, 4.69) is 21.2 Å². The molecule has 1 heterocycles. The highest BCUT2D eigenvalue weighted by molar-refractivity contribution is 9.10. The van der Waals surface area contributed by atoms with Crippen molar-refractivity contribution in [3.8, 4) is 0 Å². The van der Waals surface area contributed by atoms with E-state index >= 15 is 0 Å². The van der Waals surface area contributed by atoms with Crippen LogP contribution in [0.5, 0.6) is 0 Å². The molecule has 0 aliphatic carbocycles. The molecule has 1 N–H and O–H groups in total. The summed E-state index contributed by atoms with van der Waals surface area (Å²) in [5.74, 6) is -0.317. The Bertz CT molecular complexity index is 578. The molecule has 1 atom stereocenters. The zero-order chi connectivity index (χ0) is 15.8. The van der Waals surface area contributed by atoms with Crippen molar-refractivity contribution in [3.63, 3.8) is 0 Å². The average molecular weight is 353 g/mol. The SMILES string of the molecule is Cc1cc(Br)ccc1N1CC(C(=O)NC(C)(C)C)CC1=O. The quantitative estimate of drug-likeness (QED) is 0.889. The largest absolute Gasteiger partial charge is 0.351 e. The molecule has 0 spiro atoms. The molecule has 0 bridgehead atoms. The molecule has 114 valence electrons. The minimum Gasteiger partial charge on any atom is -0.351 e. The molecule has 1 aliphatic heterocycles. The first-order valence-corrected chi connectivity index (χ1v) is 7.85. The third kappa shape index (κ3) is 3.84. The second-order valence-corrected chi connectivity index (χ2v) is 7.49. The molecule has 1 saturated heterocycles. The van der Waals surface area contributed by atoms with Gasteiger partial charge in [0.25, 0.3) is 0 Å². The zero-order valence-electron chi connectivity index (χ0n) is 12.9. The van der Waals surface area contributed by atoms with Crippen LogP contribution in [0, 0.1) is 12.8 Å². The Morgan fingerprint density at radius 2 is 2.05 bits per heavy atom. The van der Waals surface area contributed by atoms with E-state index in [0.29, 0.717) is 6.54 Å². The third-order valence-corrected chi connectivity index (χ3v) is 3.94. The molecule has 0 aromatic heterocycles. The molecule has 2 rings (SSSR count). The number of halogens is 1. The molecule has 21 heavy (non-hydrogen) atoms. The van der Waals surface area contributed by atoms with E-state index in [9.17, 15) is 9.59 Å². The number of nitrogens with zero attached hydrogens (tertiary/aromatic N) is 1. The van der Waals surface area contributed by atoms with Crippen LogP contribution < -0.4 is 10.2 Å². The van der Waals surface area contributed by atoms with Gasteiger partial charge in [-0.1, -0.05) is 15.9 Å². The Hall–Kier alpha value is -1.36. The predicted octanol–water partition coefficient (Wildman–Crippen LogP) is 3.03. The fourth-order valence-corrected chi connectivity index (χ4v) is 2.98. The molecular weight excluding hydrogens is 332 g/mol. The summed E-state index contributed by atoms with van der Waals surface area (Å²) in [7, 11) is 0. The first kappa shape index (κ1) is 16.0. The Labute approximate surface area is 134 Å². The van der Waals surface area contributed by atoms with Crippen LogP contribution in [0.3, 0.4) is 0 Å². The lowest BCUT2D eigenvalue weighted by Crippen LogP contribution is -2.44.